The predicted molar refractivity (Wildman–Crippen MR) is 65.8 cm³/mol. The first kappa shape index (κ1) is 12.5. The van der Waals surface area contributed by atoms with Crippen molar-refractivity contribution in [1.29, 1.82) is 0 Å². The summed E-state index contributed by atoms with van der Waals surface area (Å²) in [6, 6.07) is 0.425. The van der Waals surface area contributed by atoms with Gasteiger partial charge in [-0.1, -0.05) is 0 Å². The Hall–Kier alpha value is -0.940. The van der Waals surface area contributed by atoms with E-state index in [1.54, 1.807) is 6.33 Å². The van der Waals surface area contributed by atoms with Crippen molar-refractivity contribution in [2.24, 2.45) is 5.92 Å². The number of aryl methyl sites for hydroxylation is 1. The molecule has 3 atom stereocenters. The van der Waals surface area contributed by atoms with E-state index in [2.05, 4.69) is 29.2 Å². The molecule has 1 aromatic rings. The van der Waals surface area contributed by atoms with Gasteiger partial charge in [0.25, 0.3) is 0 Å². The zero-order valence-corrected chi connectivity index (χ0v) is 10.9. The summed E-state index contributed by atoms with van der Waals surface area (Å²) < 4.78 is 7.60. The van der Waals surface area contributed by atoms with Crippen molar-refractivity contribution in [2.45, 2.75) is 45.4 Å². The molecule has 1 saturated heterocycles. The predicted octanol–water partition coefficient (Wildman–Crippen LogP) is 0.853. The smallest absolute Gasteiger partial charge is 0.138 e. The maximum Gasteiger partial charge on any atom is 0.138 e. The minimum atomic E-state index is 0.389. The molecule has 0 bridgehead atoms. The summed E-state index contributed by atoms with van der Waals surface area (Å²) >= 11 is 0. The first-order valence-corrected chi connectivity index (χ1v) is 6.40. The fourth-order valence-corrected chi connectivity index (χ4v) is 2.54. The van der Waals surface area contributed by atoms with Gasteiger partial charge in [0.05, 0.1) is 12.7 Å². The Morgan fingerprint density at radius 1 is 1.65 bits per heavy atom. The van der Waals surface area contributed by atoms with E-state index in [4.69, 9.17) is 4.74 Å². The molecule has 0 saturated carbocycles. The number of ether oxygens (including phenoxy) is 1. The van der Waals surface area contributed by atoms with Crippen LogP contribution in [0.4, 0.5) is 0 Å². The van der Waals surface area contributed by atoms with Crippen LogP contribution in [0, 0.1) is 5.92 Å². The summed E-state index contributed by atoms with van der Waals surface area (Å²) in [5, 5.41) is 7.60. The molecule has 1 aromatic heterocycles. The van der Waals surface area contributed by atoms with Gasteiger partial charge in [0.15, 0.2) is 0 Å². The van der Waals surface area contributed by atoms with Gasteiger partial charge in [-0.3, -0.25) is 4.68 Å². The van der Waals surface area contributed by atoms with Gasteiger partial charge in [0, 0.05) is 24.9 Å². The molecule has 1 aliphatic heterocycles. The highest BCUT2D eigenvalue weighted by molar-refractivity contribution is 4.93. The van der Waals surface area contributed by atoms with Crippen LogP contribution in [0.3, 0.4) is 0 Å². The van der Waals surface area contributed by atoms with Crippen LogP contribution in [-0.2, 0) is 17.7 Å². The Bertz CT molecular complexity index is 352. The van der Waals surface area contributed by atoms with E-state index in [0.717, 1.165) is 31.8 Å². The van der Waals surface area contributed by atoms with Crippen LogP contribution in [0.1, 0.15) is 26.1 Å². The van der Waals surface area contributed by atoms with E-state index in [1.807, 2.05) is 11.7 Å². The normalized spacial score (nSPS) is 26.3. The number of nitrogens with zero attached hydrogens (tertiary/aromatic N) is 3. The Balaban J connectivity index is 2.00. The lowest BCUT2D eigenvalue weighted by molar-refractivity contribution is 0.117. The molecule has 2 heterocycles. The fraction of sp³-hybridized carbons (Fsp3) is 0.833. The van der Waals surface area contributed by atoms with Gasteiger partial charge in [-0.2, -0.15) is 5.10 Å². The topological polar surface area (TPSA) is 52.0 Å². The molecule has 0 spiro atoms. The largest absolute Gasteiger partial charge is 0.378 e. The summed E-state index contributed by atoms with van der Waals surface area (Å²) in [7, 11) is 2.01. The second-order valence-electron chi connectivity index (χ2n) is 4.73. The number of aromatic nitrogens is 3. The molecule has 1 aliphatic rings. The van der Waals surface area contributed by atoms with E-state index in [1.165, 1.54) is 0 Å². The highest BCUT2D eigenvalue weighted by Crippen LogP contribution is 2.23. The molecular formula is C12H22N4O. The molecule has 5 nitrogen and oxygen atoms in total. The minimum absolute atomic E-state index is 0.389. The minimum Gasteiger partial charge on any atom is -0.378 e. The maximum absolute atomic E-state index is 5.64. The molecule has 0 amide bonds. The van der Waals surface area contributed by atoms with Gasteiger partial charge < -0.3 is 10.1 Å². The van der Waals surface area contributed by atoms with Crippen LogP contribution in [0.2, 0.25) is 0 Å². The van der Waals surface area contributed by atoms with Gasteiger partial charge in [0.1, 0.15) is 12.2 Å². The lowest BCUT2D eigenvalue weighted by atomic mass is 9.94. The lowest BCUT2D eigenvalue weighted by Crippen LogP contribution is -2.37. The Morgan fingerprint density at radius 2 is 2.47 bits per heavy atom. The summed E-state index contributed by atoms with van der Waals surface area (Å²) in [6.45, 7) is 5.96. The third-order valence-electron chi connectivity index (χ3n) is 3.57. The summed E-state index contributed by atoms with van der Waals surface area (Å²) in [4.78, 5) is 4.34. The molecule has 96 valence electrons. The molecule has 2 rings (SSSR count). The quantitative estimate of drug-likeness (QED) is 0.826. The molecule has 0 aromatic carbocycles. The van der Waals surface area contributed by atoms with Crippen LogP contribution >= 0.6 is 0 Å². The third kappa shape index (κ3) is 2.84. The molecular weight excluding hydrogens is 216 g/mol. The van der Waals surface area contributed by atoms with Crippen molar-refractivity contribution in [2.75, 3.05) is 13.7 Å². The maximum atomic E-state index is 5.64. The SMILES string of the molecule is CCn1ncnc1CC(NC)C1COC(C)C1. The average molecular weight is 238 g/mol. The van der Waals surface area contributed by atoms with Gasteiger partial charge in [0.2, 0.25) is 0 Å². The lowest BCUT2D eigenvalue weighted by Gasteiger charge is -2.21. The monoisotopic (exact) mass is 238 g/mol. The number of hydrogen-bond donors (Lipinski definition) is 1. The zero-order chi connectivity index (χ0) is 12.3. The van der Waals surface area contributed by atoms with E-state index >= 15 is 0 Å². The van der Waals surface area contributed by atoms with Crippen LogP contribution in [-0.4, -0.2) is 40.6 Å². The third-order valence-corrected chi connectivity index (χ3v) is 3.57. The highest BCUT2D eigenvalue weighted by atomic mass is 16.5. The van der Waals surface area contributed by atoms with Gasteiger partial charge >= 0.3 is 0 Å². The second-order valence-corrected chi connectivity index (χ2v) is 4.73. The molecule has 1 fully saturated rings. The van der Waals surface area contributed by atoms with Gasteiger partial charge in [-0.05, 0) is 27.3 Å². The van der Waals surface area contributed by atoms with E-state index in [9.17, 15) is 0 Å². The molecule has 0 radical (unpaired) electrons. The molecule has 5 heteroatoms. The van der Waals surface area contributed by atoms with E-state index in [0.29, 0.717) is 18.1 Å². The second kappa shape index (κ2) is 5.60. The van der Waals surface area contributed by atoms with Gasteiger partial charge in [-0.15, -0.1) is 0 Å². The highest BCUT2D eigenvalue weighted by Gasteiger charge is 2.29. The Morgan fingerprint density at radius 3 is 3.06 bits per heavy atom. The summed E-state index contributed by atoms with van der Waals surface area (Å²) in [5.74, 6) is 1.64. The number of likely N-dealkylation sites (N-methyl/N-ethyl adjacent to an activating group) is 1. The summed E-state index contributed by atoms with van der Waals surface area (Å²) in [6.07, 6.45) is 4.08. The number of rotatable bonds is 5. The molecule has 17 heavy (non-hydrogen) atoms. The van der Waals surface area contributed by atoms with Crippen molar-refractivity contribution >= 4 is 0 Å². The van der Waals surface area contributed by atoms with E-state index < -0.39 is 0 Å². The average Bonchev–Trinajstić information content (AvgIpc) is 2.94. The van der Waals surface area contributed by atoms with Crippen LogP contribution < -0.4 is 5.32 Å². The van der Waals surface area contributed by atoms with Crippen molar-refractivity contribution < 1.29 is 4.74 Å². The fourth-order valence-electron chi connectivity index (χ4n) is 2.54. The van der Waals surface area contributed by atoms with Crippen LogP contribution in [0.15, 0.2) is 6.33 Å². The Kier molecular flexibility index (Phi) is 4.12. The van der Waals surface area contributed by atoms with Crippen molar-refractivity contribution in [3.8, 4) is 0 Å². The Labute approximate surface area is 103 Å². The van der Waals surface area contributed by atoms with Crippen molar-refractivity contribution in [1.82, 2.24) is 20.1 Å². The standard InChI is InChI=1S/C12H22N4O/c1-4-16-12(14-8-15-16)6-11(13-3)10-5-9(2)17-7-10/h8-11,13H,4-7H2,1-3H3. The molecule has 3 unspecified atom stereocenters. The van der Waals surface area contributed by atoms with Gasteiger partial charge in [-0.25, -0.2) is 4.98 Å². The molecule has 1 N–H and O–H groups in total. The molecule has 0 aliphatic carbocycles. The van der Waals surface area contributed by atoms with Crippen LogP contribution in [0.5, 0.6) is 0 Å². The van der Waals surface area contributed by atoms with Crippen molar-refractivity contribution in [3.05, 3.63) is 12.2 Å². The van der Waals surface area contributed by atoms with Crippen LogP contribution in [0.25, 0.3) is 0 Å². The zero-order valence-electron chi connectivity index (χ0n) is 10.9. The van der Waals surface area contributed by atoms with Crippen molar-refractivity contribution in [3.63, 3.8) is 0 Å². The number of hydrogen-bond acceptors (Lipinski definition) is 4. The first-order valence-electron chi connectivity index (χ1n) is 6.40. The number of nitrogens with one attached hydrogen (secondary N) is 1. The first-order chi connectivity index (χ1) is 8.24. The summed E-state index contributed by atoms with van der Waals surface area (Å²) in [5.41, 5.74) is 0. The van der Waals surface area contributed by atoms with E-state index in [-0.39, 0.29) is 0 Å².